The van der Waals surface area contributed by atoms with Crippen LogP contribution in [0.2, 0.25) is 0 Å². The summed E-state index contributed by atoms with van der Waals surface area (Å²) in [5.74, 6) is -0.0723. The van der Waals surface area contributed by atoms with Crippen molar-refractivity contribution in [3.8, 4) is 0 Å². The fraction of sp³-hybridized carbons (Fsp3) is 0.348. The van der Waals surface area contributed by atoms with E-state index in [1.807, 2.05) is 30.3 Å². The van der Waals surface area contributed by atoms with E-state index in [0.717, 1.165) is 55.2 Å². The highest BCUT2D eigenvalue weighted by Crippen LogP contribution is 2.31. The molecule has 0 saturated heterocycles. The lowest BCUT2D eigenvalue weighted by molar-refractivity contribution is -0.110. The van der Waals surface area contributed by atoms with Gasteiger partial charge in [-0.1, -0.05) is 32.0 Å². The molecular weight excluding hydrogens is 348 g/mol. The maximum atomic E-state index is 12.2. The van der Waals surface area contributed by atoms with E-state index >= 15 is 0 Å². The second kappa shape index (κ2) is 9.42. The lowest BCUT2D eigenvalue weighted by atomic mass is 10.1. The van der Waals surface area contributed by atoms with Gasteiger partial charge in [-0.2, -0.15) is 0 Å². The molecule has 0 unspecified atom stereocenters. The number of anilines is 3. The lowest BCUT2D eigenvalue weighted by Gasteiger charge is -2.18. The Kier molecular flexibility index (Phi) is 6.71. The number of aryl methyl sites for hydroxylation is 1. The SMILES string of the molecule is CCN(CC)CCCNc1ccc(N/C=C2\C(=O)Nc3ccccc32)cc1C. The van der Waals surface area contributed by atoms with Crippen molar-refractivity contribution in [2.24, 2.45) is 0 Å². The number of hydrogen-bond donors (Lipinski definition) is 3. The maximum Gasteiger partial charge on any atom is 0.257 e. The summed E-state index contributed by atoms with van der Waals surface area (Å²) in [5, 5.41) is 9.68. The van der Waals surface area contributed by atoms with Crippen LogP contribution in [-0.4, -0.2) is 37.0 Å². The van der Waals surface area contributed by atoms with Crippen LogP contribution >= 0.6 is 0 Å². The third-order valence-electron chi connectivity index (χ3n) is 5.18. The fourth-order valence-electron chi connectivity index (χ4n) is 3.46. The van der Waals surface area contributed by atoms with E-state index in [2.05, 4.69) is 53.8 Å². The second-order valence-corrected chi connectivity index (χ2v) is 7.04. The lowest BCUT2D eigenvalue weighted by Crippen LogP contribution is -2.25. The molecule has 0 radical (unpaired) electrons. The van der Waals surface area contributed by atoms with Crippen LogP contribution in [0, 0.1) is 6.92 Å². The van der Waals surface area contributed by atoms with Crippen molar-refractivity contribution >= 4 is 28.5 Å². The number of amides is 1. The van der Waals surface area contributed by atoms with Gasteiger partial charge >= 0.3 is 0 Å². The number of fused-ring (bicyclic) bond motifs is 1. The number of rotatable bonds is 9. The van der Waals surface area contributed by atoms with Gasteiger partial charge in [0.2, 0.25) is 0 Å². The molecule has 1 amide bonds. The highest BCUT2D eigenvalue weighted by Gasteiger charge is 2.23. The molecule has 5 heteroatoms. The van der Waals surface area contributed by atoms with E-state index < -0.39 is 0 Å². The molecule has 28 heavy (non-hydrogen) atoms. The Labute approximate surface area is 167 Å². The third kappa shape index (κ3) is 4.73. The molecule has 0 bridgehead atoms. The summed E-state index contributed by atoms with van der Waals surface area (Å²) in [6.45, 7) is 10.8. The minimum atomic E-state index is -0.0723. The Hall–Kier alpha value is -2.79. The van der Waals surface area contributed by atoms with Crippen molar-refractivity contribution in [2.45, 2.75) is 27.2 Å². The van der Waals surface area contributed by atoms with E-state index in [1.165, 1.54) is 5.56 Å². The molecule has 5 nitrogen and oxygen atoms in total. The summed E-state index contributed by atoms with van der Waals surface area (Å²) < 4.78 is 0. The van der Waals surface area contributed by atoms with Crippen LogP contribution in [0.5, 0.6) is 0 Å². The second-order valence-electron chi connectivity index (χ2n) is 7.04. The van der Waals surface area contributed by atoms with Crippen molar-refractivity contribution in [1.82, 2.24) is 4.90 Å². The predicted molar refractivity (Wildman–Crippen MR) is 119 cm³/mol. The van der Waals surface area contributed by atoms with Gasteiger partial charge in [-0.05, 0) is 62.8 Å². The predicted octanol–water partition coefficient (Wildman–Crippen LogP) is 4.54. The first-order valence-corrected chi connectivity index (χ1v) is 10.1. The summed E-state index contributed by atoms with van der Waals surface area (Å²) in [6, 6.07) is 14.0. The van der Waals surface area contributed by atoms with Crippen molar-refractivity contribution in [1.29, 1.82) is 0 Å². The van der Waals surface area contributed by atoms with Crippen molar-refractivity contribution in [2.75, 3.05) is 42.1 Å². The molecule has 1 aliphatic heterocycles. The molecule has 1 heterocycles. The van der Waals surface area contributed by atoms with E-state index in [4.69, 9.17) is 0 Å². The number of nitrogens with one attached hydrogen (secondary N) is 3. The first-order chi connectivity index (χ1) is 13.6. The summed E-state index contributed by atoms with van der Waals surface area (Å²) in [6.07, 6.45) is 2.91. The number of carbonyl (C=O) groups excluding carboxylic acids is 1. The van der Waals surface area contributed by atoms with Gasteiger partial charge in [0.15, 0.2) is 0 Å². The van der Waals surface area contributed by atoms with Gasteiger partial charge in [-0.25, -0.2) is 0 Å². The van der Waals surface area contributed by atoms with Crippen LogP contribution in [0.15, 0.2) is 48.7 Å². The summed E-state index contributed by atoms with van der Waals surface area (Å²) in [4.78, 5) is 14.6. The van der Waals surface area contributed by atoms with Gasteiger partial charge < -0.3 is 20.9 Å². The molecule has 0 fully saturated rings. The number of para-hydroxylation sites is 1. The van der Waals surface area contributed by atoms with E-state index in [0.29, 0.717) is 5.57 Å². The van der Waals surface area contributed by atoms with E-state index in [-0.39, 0.29) is 5.91 Å². The summed E-state index contributed by atoms with van der Waals surface area (Å²) in [5.41, 5.74) is 5.76. The van der Waals surface area contributed by atoms with Crippen LogP contribution in [0.1, 0.15) is 31.4 Å². The minimum absolute atomic E-state index is 0.0723. The van der Waals surface area contributed by atoms with Crippen molar-refractivity contribution in [3.63, 3.8) is 0 Å². The van der Waals surface area contributed by atoms with Gasteiger partial charge in [0.25, 0.3) is 5.91 Å². The monoisotopic (exact) mass is 378 g/mol. The average Bonchev–Trinajstić information content (AvgIpc) is 3.02. The highest BCUT2D eigenvalue weighted by molar-refractivity contribution is 6.31. The van der Waals surface area contributed by atoms with Gasteiger partial charge in [0.1, 0.15) is 0 Å². The Balaban J connectivity index is 1.58. The van der Waals surface area contributed by atoms with Gasteiger partial charge in [0, 0.05) is 35.4 Å². The molecule has 1 aliphatic rings. The van der Waals surface area contributed by atoms with Crippen LogP contribution in [-0.2, 0) is 4.79 Å². The topological polar surface area (TPSA) is 56.4 Å². The Bertz CT molecular complexity index is 855. The Morgan fingerprint density at radius 3 is 2.64 bits per heavy atom. The molecule has 2 aromatic rings. The molecule has 0 spiro atoms. The fourth-order valence-corrected chi connectivity index (χ4v) is 3.46. The first-order valence-electron chi connectivity index (χ1n) is 10.1. The highest BCUT2D eigenvalue weighted by atomic mass is 16.2. The van der Waals surface area contributed by atoms with Crippen LogP contribution in [0.25, 0.3) is 5.57 Å². The molecule has 3 rings (SSSR count). The standard InChI is InChI=1S/C23H30N4O/c1-4-27(5-2)14-8-13-24-21-12-11-18(15-17(21)3)25-16-20-19-9-6-7-10-22(19)26-23(20)28/h6-7,9-12,15-16,24-25H,4-5,8,13-14H2,1-3H3,(H,26,28)/b20-16-. The van der Waals surface area contributed by atoms with Gasteiger partial charge in [-0.15, -0.1) is 0 Å². The summed E-state index contributed by atoms with van der Waals surface area (Å²) in [7, 11) is 0. The average molecular weight is 379 g/mol. The maximum absolute atomic E-state index is 12.2. The Morgan fingerprint density at radius 2 is 1.89 bits per heavy atom. The smallest absolute Gasteiger partial charge is 0.257 e. The zero-order chi connectivity index (χ0) is 19.9. The molecule has 0 aliphatic carbocycles. The molecule has 0 saturated carbocycles. The van der Waals surface area contributed by atoms with E-state index in [1.54, 1.807) is 6.20 Å². The molecule has 3 N–H and O–H groups in total. The van der Waals surface area contributed by atoms with Gasteiger partial charge in [0.05, 0.1) is 5.57 Å². The summed E-state index contributed by atoms with van der Waals surface area (Å²) >= 11 is 0. The van der Waals surface area contributed by atoms with Crippen LogP contribution < -0.4 is 16.0 Å². The molecule has 0 aromatic heterocycles. The zero-order valence-electron chi connectivity index (χ0n) is 17.0. The molecule has 0 atom stereocenters. The molecule has 148 valence electrons. The molecular formula is C23H30N4O. The largest absolute Gasteiger partial charge is 0.385 e. The van der Waals surface area contributed by atoms with Crippen LogP contribution in [0.3, 0.4) is 0 Å². The normalized spacial score (nSPS) is 14.3. The zero-order valence-corrected chi connectivity index (χ0v) is 17.0. The van der Waals surface area contributed by atoms with E-state index in [9.17, 15) is 4.79 Å². The quantitative estimate of drug-likeness (QED) is 0.443. The van der Waals surface area contributed by atoms with Crippen molar-refractivity contribution in [3.05, 3.63) is 59.8 Å². The number of carbonyl (C=O) groups is 1. The first kappa shape index (κ1) is 20.0. The Morgan fingerprint density at radius 1 is 1.11 bits per heavy atom. The van der Waals surface area contributed by atoms with Crippen molar-refractivity contribution < 1.29 is 4.79 Å². The van der Waals surface area contributed by atoms with Crippen LogP contribution in [0.4, 0.5) is 17.1 Å². The number of benzene rings is 2. The number of nitrogens with zero attached hydrogens (tertiary/aromatic N) is 1. The van der Waals surface area contributed by atoms with Gasteiger partial charge in [-0.3, -0.25) is 4.79 Å². The third-order valence-corrected chi connectivity index (χ3v) is 5.18. The number of hydrogen-bond acceptors (Lipinski definition) is 4. The molecule has 2 aromatic carbocycles. The minimum Gasteiger partial charge on any atom is -0.385 e.